The third kappa shape index (κ3) is 2.48. The standard InChI is InChI=1S/C18H17N3O4S/c1-24-12-7-6-10-14(15(12)25-2)17(23)21-11(9-26-18(10)21)16(22)20-13-5-3-4-8-19-13/h3-8,11,18H,9H2,1-2H3,(H,19,20,22)/t11-,18-/m1/s1. The van der Waals surface area contributed by atoms with Crippen LogP contribution in [0.1, 0.15) is 21.3 Å². The number of methoxy groups -OCH3 is 2. The molecule has 2 aromatic rings. The van der Waals surface area contributed by atoms with Crippen LogP contribution in [0.5, 0.6) is 11.5 Å². The van der Waals surface area contributed by atoms with Crippen LogP contribution in [-0.4, -0.2) is 47.7 Å². The van der Waals surface area contributed by atoms with Crippen molar-refractivity contribution in [3.8, 4) is 11.5 Å². The highest BCUT2D eigenvalue weighted by Crippen LogP contribution is 2.52. The zero-order chi connectivity index (χ0) is 18.3. The number of amides is 2. The lowest BCUT2D eigenvalue weighted by Gasteiger charge is -2.22. The minimum atomic E-state index is -0.567. The van der Waals surface area contributed by atoms with E-state index in [1.807, 2.05) is 6.07 Å². The summed E-state index contributed by atoms with van der Waals surface area (Å²) in [5.41, 5.74) is 1.32. The predicted octanol–water partition coefficient (Wildman–Crippen LogP) is 2.31. The van der Waals surface area contributed by atoms with Crippen molar-refractivity contribution >= 4 is 29.4 Å². The van der Waals surface area contributed by atoms with Gasteiger partial charge in [0.05, 0.1) is 19.8 Å². The number of hydrogen-bond acceptors (Lipinski definition) is 6. The lowest BCUT2D eigenvalue weighted by molar-refractivity contribution is -0.119. The summed E-state index contributed by atoms with van der Waals surface area (Å²) in [4.78, 5) is 31.5. The maximum absolute atomic E-state index is 13.1. The second-order valence-corrected chi connectivity index (χ2v) is 7.00. The zero-order valence-electron chi connectivity index (χ0n) is 14.3. The van der Waals surface area contributed by atoms with Crippen LogP contribution in [-0.2, 0) is 4.79 Å². The summed E-state index contributed by atoms with van der Waals surface area (Å²) in [6.45, 7) is 0. The number of carbonyl (C=O) groups is 2. The topological polar surface area (TPSA) is 80.8 Å². The Morgan fingerprint density at radius 2 is 2.12 bits per heavy atom. The van der Waals surface area contributed by atoms with Gasteiger partial charge in [0.2, 0.25) is 5.91 Å². The van der Waals surface area contributed by atoms with E-state index in [1.165, 1.54) is 14.2 Å². The van der Waals surface area contributed by atoms with Crippen LogP contribution >= 0.6 is 11.8 Å². The molecule has 2 atom stereocenters. The summed E-state index contributed by atoms with van der Waals surface area (Å²) in [5.74, 6) is 1.45. The van der Waals surface area contributed by atoms with E-state index in [0.717, 1.165) is 5.56 Å². The number of hydrogen-bond donors (Lipinski definition) is 1. The Kier molecular flexibility index (Phi) is 4.20. The minimum Gasteiger partial charge on any atom is -0.493 e. The lowest BCUT2D eigenvalue weighted by atomic mass is 10.1. The van der Waals surface area contributed by atoms with Gasteiger partial charge < -0.3 is 19.7 Å². The number of rotatable bonds is 4. The summed E-state index contributed by atoms with van der Waals surface area (Å²) in [7, 11) is 3.04. The Hall–Kier alpha value is -2.74. The first kappa shape index (κ1) is 16.7. The van der Waals surface area contributed by atoms with Crippen molar-refractivity contribution in [3.05, 3.63) is 47.7 Å². The number of aromatic nitrogens is 1. The van der Waals surface area contributed by atoms with Gasteiger partial charge in [-0.25, -0.2) is 4.98 Å². The highest BCUT2D eigenvalue weighted by atomic mass is 32.2. The van der Waals surface area contributed by atoms with E-state index in [2.05, 4.69) is 10.3 Å². The van der Waals surface area contributed by atoms with Gasteiger partial charge in [-0.15, -0.1) is 11.8 Å². The van der Waals surface area contributed by atoms with E-state index in [0.29, 0.717) is 28.6 Å². The molecule has 0 aliphatic carbocycles. The van der Waals surface area contributed by atoms with E-state index in [-0.39, 0.29) is 17.2 Å². The number of pyridine rings is 1. The normalized spacial score (nSPS) is 20.5. The van der Waals surface area contributed by atoms with Crippen molar-refractivity contribution < 1.29 is 19.1 Å². The van der Waals surface area contributed by atoms with Crippen molar-refractivity contribution in [3.63, 3.8) is 0 Å². The van der Waals surface area contributed by atoms with Gasteiger partial charge in [0.1, 0.15) is 17.2 Å². The molecule has 1 aromatic heterocycles. The maximum Gasteiger partial charge on any atom is 0.260 e. The second kappa shape index (κ2) is 6.53. The van der Waals surface area contributed by atoms with Crippen LogP contribution in [0.3, 0.4) is 0 Å². The summed E-state index contributed by atoms with van der Waals surface area (Å²) < 4.78 is 10.7. The molecule has 2 amide bonds. The van der Waals surface area contributed by atoms with Gasteiger partial charge in [-0.3, -0.25) is 9.59 Å². The Balaban J connectivity index is 1.64. The average Bonchev–Trinajstić information content (AvgIpc) is 3.22. The summed E-state index contributed by atoms with van der Waals surface area (Å²) in [6, 6.07) is 8.37. The number of anilines is 1. The molecule has 2 aliphatic rings. The van der Waals surface area contributed by atoms with E-state index < -0.39 is 6.04 Å². The molecule has 1 aromatic carbocycles. The SMILES string of the molecule is COc1ccc2c(c1OC)C(=O)N1[C@@H](C(=O)Nc3ccccn3)CS[C@H]21. The molecular formula is C18H17N3O4S. The number of benzene rings is 1. The molecule has 0 spiro atoms. The van der Waals surface area contributed by atoms with Crippen LogP contribution < -0.4 is 14.8 Å². The third-order valence-electron chi connectivity index (χ3n) is 4.51. The van der Waals surface area contributed by atoms with Gasteiger partial charge in [-0.2, -0.15) is 0 Å². The fourth-order valence-electron chi connectivity index (χ4n) is 3.34. The van der Waals surface area contributed by atoms with Crippen LogP contribution in [0.4, 0.5) is 5.82 Å². The lowest BCUT2D eigenvalue weighted by Crippen LogP contribution is -2.43. The monoisotopic (exact) mass is 371 g/mol. The van der Waals surface area contributed by atoms with Gasteiger partial charge >= 0.3 is 0 Å². The minimum absolute atomic E-state index is 0.197. The van der Waals surface area contributed by atoms with E-state index in [4.69, 9.17) is 9.47 Å². The molecule has 0 bridgehead atoms. The molecule has 2 aliphatic heterocycles. The largest absolute Gasteiger partial charge is 0.493 e. The third-order valence-corrected chi connectivity index (χ3v) is 5.82. The molecule has 3 heterocycles. The summed E-state index contributed by atoms with van der Waals surface area (Å²) >= 11 is 1.57. The highest BCUT2D eigenvalue weighted by molar-refractivity contribution is 7.99. The molecule has 26 heavy (non-hydrogen) atoms. The fourth-order valence-corrected chi connectivity index (χ4v) is 4.80. The highest BCUT2D eigenvalue weighted by Gasteiger charge is 2.50. The number of ether oxygens (including phenoxy) is 2. The smallest absolute Gasteiger partial charge is 0.260 e. The van der Waals surface area contributed by atoms with E-state index >= 15 is 0 Å². The number of thioether (sulfide) groups is 1. The molecule has 0 saturated carbocycles. The molecule has 7 nitrogen and oxygen atoms in total. The van der Waals surface area contributed by atoms with Gasteiger partial charge in [-0.05, 0) is 18.2 Å². The van der Waals surface area contributed by atoms with Gasteiger partial charge in [0, 0.05) is 17.5 Å². The molecule has 8 heteroatoms. The fraction of sp³-hybridized carbons (Fsp3) is 0.278. The van der Waals surface area contributed by atoms with Gasteiger partial charge in [-0.1, -0.05) is 12.1 Å². The van der Waals surface area contributed by atoms with Crippen molar-refractivity contribution in [2.45, 2.75) is 11.4 Å². The first-order chi connectivity index (χ1) is 12.7. The molecule has 0 radical (unpaired) electrons. The molecule has 1 fully saturated rings. The Morgan fingerprint density at radius 1 is 1.27 bits per heavy atom. The van der Waals surface area contributed by atoms with E-state index in [9.17, 15) is 9.59 Å². The van der Waals surface area contributed by atoms with Crippen LogP contribution in [0, 0.1) is 0 Å². The Labute approximate surface area is 154 Å². The van der Waals surface area contributed by atoms with Crippen LogP contribution in [0.25, 0.3) is 0 Å². The van der Waals surface area contributed by atoms with Gasteiger partial charge in [0.15, 0.2) is 11.5 Å². The predicted molar refractivity (Wildman–Crippen MR) is 97.6 cm³/mol. The van der Waals surface area contributed by atoms with Crippen LogP contribution in [0.2, 0.25) is 0 Å². The summed E-state index contributed by atoms with van der Waals surface area (Å²) in [6.07, 6.45) is 1.61. The second-order valence-electron chi connectivity index (χ2n) is 5.88. The number of fused-ring (bicyclic) bond motifs is 3. The van der Waals surface area contributed by atoms with Crippen molar-refractivity contribution in [1.82, 2.24) is 9.88 Å². The van der Waals surface area contributed by atoms with Crippen molar-refractivity contribution in [2.75, 3.05) is 25.3 Å². The molecule has 1 N–H and O–H groups in total. The molecule has 1 saturated heterocycles. The number of nitrogens with one attached hydrogen (secondary N) is 1. The number of carbonyl (C=O) groups excluding carboxylic acids is 2. The zero-order valence-corrected chi connectivity index (χ0v) is 15.1. The quantitative estimate of drug-likeness (QED) is 0.888. The van der Waals surface area contributed by atoms with Crippen molar-refractivity contribution in [2.24, 2.45) is 0 Å². The van der Waals surface area contributed by atoms with Crippen LogP contribution in [0.15, 0.2) is 36.5 Å². The van der Waals surface area contributed by atoms with E-state index in [1.54, 1.807) is 47.1 Å². The molecular weight excluding hydrogens is 354 g/mol. The van der Waals surface area contributed by atoms with Gasteiger partial charge in [0.25, 0.3) is 5.91 Å². The Bertz CT molecular complexity index is 874. The molecule has 134 valence electrons. The maximum atomic E-state index is 13.1. The first-order valence-electron chi connectivity index (χ1n) is 8.06. The molecule has 0 unspecified atom stereocenters. The summed E-state index contributed by atoms with van der Waals surface area (Å²) in [5, 5.41) is 2.58. The average molecular weight is 371 g/mol. The Morgan fingerprint density at radius 3 is 2.81 bits per heavy atom. The van der Waals surface area contributed by atoms with Crippen molar-refractivity contribution in [1.29, 1.82) is 0 Å². The molecule has 4 rings (SSSR count). The number of nitrogens with zero attached hydrogens (tertiary/aromatic N) is 2. The first-order valence-corrected chi connectivity index (χ1v) is 9.11.